The van der Waals surface area contributed by atoms with E-state index in [1.165, 1.54) is 11.1 Å². The third-order valence-corrected chi connectivity index (χ3v) is 5.80. The fourth-order valence-electron chi connectivity index (χ4n) is 3.45. The summed E-state index contributed by atoms with van der Waals surface area (Å²) >= 11 is 0. The average Bonchev–Trinajstić information content (AvgIpc) is 2.90. The van der Waals surface area contributed by atoms with Gasteiger partial charge >= 0.3 is 13.2 Å². The van der Waals surface area contributed by atoms with Crippen LogP contribution in [0, 0.1) is 13.8 Å². The SMILES string of the molecule is Cc1cc(C)cc(C=C(CNC(=O)OCc2ccccc2)B2OC(C)(C)C(C)(C)O2)c1. The molecule has 1 fully saturated rings. The zero-order chi connectivity index (χ0) is 22.6. The molecule has 0 atom stereocenters. The van der Waals surface area contributed by atoms with Crippen molar-refractivity contribution in [3.05, 3.63) is 76.3 Å². The van der Waals surface area contributed by atoms with Gasteiger partial charge in [-0.05, 0) is 58.1 Å². The van der Waals surface area contributed by atoms with Crippen LogP contribution in [-0.4, -0.2) is 31.0 Å². The van der Waals surface area contributed by atoms with E-state index >= 15 is 0 Å². The third kappa shape index (κ3) is 5.99. The maximum absolute atomic E-state index is 12.3. The van der Waals surface area contributed by atoms with Crippen LogP contribution >= 0.6 is 0 Å². The lowest BCUT2D eigenvalue weighted by Gasteiger charge is -2.32. The summed E-state index contributed by atoms with van der Waals surface area (Å²) in [5.41, 5.74) is 4.24. The molecule has 0 aromatic heterocycles. The molecule has 0 bridgehead atoms. The highest BCUT2D eigenvalue weighted by Crippen LogP contribution is 2.38. The van der Waals surface area contributed by atoms with E-state index in [1.807, 2.05) is 64.1 Å². The van der Waals surface area contributed by atoms with Gasteiger partial charge in [0.05, 0.1) is 11.2 Å². The Morgan fingerprint density at radius 3 is 2.16 bits per heavy atom. The summed E-state index contributed by atoms with van der Waals surface area (Å²) in [5, 5.41) is 2.84. The van der Waals surface area contributed by atoms with Crippen molar-refractivity contribution in [2.24, 2.45) is 0 Å². The lowest BCUT2D eigenvalue weighted by atomic mass is 9.77. The number of hydrogen-bond donors (Lipinski definition) is 1. The number of ether oxygens (including phenoxy) is 1. The molecule has 2 aromatic rings. The summed E-state index contributed by atoms with van der Waals surface area (Å²) in [6.07, 6.45) is 1.55. The van der Waals surface area contributed by atoms with Crippen LogP contribution in [0.1, 0.15) is 49.9 Å². The first-order valence-electron chi connectivity index (χ1n) is 10.6. The summed E-state index contributed by atoms with van der Waals surface area (Å²) < 4.78 is 17.8. The minimum Gasteiger partial charge on any atom is -0.445 e. The van der Waals surface area contributed by atoms with Crippen LogP contribution in [0.15, 0.2) is 54.0 Å². The number of hydrogen-bond acceptors (Lipinski definition) is 4. The molecule has 0 aliphatic carbocycles. The quantitative estimate of drug-likeness (QED) is 0.648. The number of benzene rings is 2. The van der Waals surface area contributed by atoms with Crippen molar-refractivity contribution in [2.75, 3.05) is 6.54 Å². The molecule has 5 nitrogen and oxygen atoms in total. The molecule has 1 aliphatic rings. The third-order valence-electron chi connectivity index (χ3n) is 5.80. The highest BCUT2D eigenvalue weighted by Gasteiger charge is 2.52. The Morgan fingerprint density at radius 2 is 1.58 bits per heavy atom. The molecule has 3 rings (SSSR count). The number of alkyl carbamates (subject to hydrolysis) is 1. The van der Waals surface area contributed by atoms with E-state index in [0.29, 0.717) is 0 Å². The van der Waals surface area contributed by atoms with Crippen LogP contribution in [0.2, 0.25) is 0 Å². The standard InChI is InChI=1S/C25H32BNO4/c1-18-12-19(2)14-21(13-18)15-22(26-30-24(3,4)25(5,6)31-26)16-27-23(28)29-17-20-10-8-7-9-11-20/h7-15H,16-17H2,1-6H3,(H,27,28). The second-order valence-electron chi connectivity index (χ2n) is 9.14. The minimum absolute atomic E-state index is 0.222. The maximum atomic E-state index is 12.3. The van der Waals surface area contributed by atoms with Gasteiger partial charge in [-0.15, -0.1) is 0 Å². The summed E-state index contributed by atoms with van der Waals surface area (Å²) in [4.78, 5) is 12.3. The van der Waals surface area contributed by atoms with Gasteiger partial charge in [0, 0.05) is 6.54 Å². The molecule has 0 unspecified atom stereocenters. The Morgan fingerprint density at radius 1 is 1.00 bits per heavy atom. The van der Waals surface area contributed by atoms with Gasteiger partial charge in [0.15, 0.2) is 0 Å². The summed E-state index contributed by atoms with van der Waals surface area (Å²) in [6.45, 7) is 12.7. The van der Waals surface area contributed by atoms with E-state index in [9.17, 15) is 4.79 Å². The monoisotopic (exact) mass is 421 g/mol. The molecule has 1 amide bonds. The fraction of sp³-hybridized carbons (Fsp3) is 0.400. The molecule has 31 heavy (non-hydrogen) atoms. The molecular formula is C25H32BNO4. The maximum Gasteiger partial charge on any atom is 0.492 e. The van der Waals surface area contributed by atoms with Crippen molar-refractivity contribution in [1.82, 2.24) is 5.32 Å². The van der Waals surface area contributed by atoms with Gasteiger partial charge < -0.3 is 19.4 Å². The van der Waals surface area contributed by atoms with Crippen LogP contribution in [0.3, 0.4) is 0 Å². The lowest BCUT2D eigenvalue weighted by Crippen LogP contribution is -2.41. The molecule has 1 aliphatic heterocycles. The molecule has 0 saturated carbocycles. The predicted molar refractivity (Wildman–Crippen MR) is 125 cm³/mol. The number of nitrogens with one attached hydrogen (secondary N) is 1. The second-order valence-corrected chi connectivity index (χ2v) is 9.14. The first kappa shape index (κ1) is 23.1. The Bertz CT molecular complexity index is 917. The summed E-state index contributed by atoms with van der Waals surface area (Å²) in [6, 6.07) is 15.9. The van der Waals surface area contributed by atoms with Crippen molar-refractivity contribution in [1.29, 1.82) is 0 Å². The normalized spacial score (nSPS) is 17.5. The van der Waals surface area contributed by atoms with E-state index in [-0.39, 0.29) is 13.2 Å². The largest absolute Gasteiger partial charge is 0.492 e. The average molecular weight is 421 g/mol. The van der Waals surface area contributed by atoms with Crippen LogP contribution in [-0.2, 0) is 20.7 Å². The molecule has 1 N–H and O–H groups in total. The van der Waals surface area contributed by atoms with Gasteiger partial charge in [0.2, 0.25) is 0 Å². The van der Waals surface area contributed by atoms with Crippen molar-refractivity contribution in [3.8, 4) is 0 Å². The zero-order valence-electron chi connectivity index (χ0n) is 19.3. The number of amides is 1. The molecule has 2 aromatic carbocycles. The highest BCUT2D eigenvalue weighted by molar-refractivity contribution is 6.56. The Balaban J connectivity index is 1.74. The van der Waals surface area contributed by atoms with Crippen LogP contribution in [0.5, 0.6) is 0 Å². The van der Waals surface area contributed by atoms with E-state index in [0.717, 1.165) is 16.6 Å². The number of aryl methyl sites for hydroxylation is 2. The van der Waals surface area contributed by atoms with E-state index < -0.39 is 24.4 Å². The molecule has 0 radical (unpaired) electrons. The van der Waals surface area contributed by atoms with Crippen LogP contribution < -0.4 is 5.32 Å². The molecule has 1 heterocycles. The summed E-state index contributed by atoms with van der Waals surface area (Å²) in [5.74, 6) is 0. The molecule has 0 spiro atoms. The van der Waals surface area contributed by atoms with Crippen molar-refractivity contribution in [2.45, 2.75) is 59.4 Å². The first-order valence-corrected chi connectivity index (χ1v) is 10.6. The van der Waals surface area contributed by atoms with E-state index in [2.05, 4.69) is 37.4 Å². The predicted octanol–water partition coefficient (Wildman–Crippen LogP) is 5.24. The van der Waals surface area contributed by atoms with E-state index in [4.69, 9.17) is 14.0 Å². The van der Waals surface area contributed by atoms with Crippen LogP contribution in [0.25, 0.3) is 6.08 Å². The Hall–Kier alpha value is -2.57. The molecule has 164 valence electrons. The zero-order valence-corrected chi connectivity index (χ0v) is 19.3. The van der Waals surface area contributed by atoms with Gasteiger partial charge in [-0.1, -0.05) is 65.7 Å². The minimum atomic E-state index is -0.555. The molecule has 1 saturated heterocycles. The number of carbonyl (C=O) groups is 1. The molecular weight excluding hydrogens is 389 g/mol. The topological polar surface area (TPSA) is 56.8 Å². The summed E-state index contributed by atoms with van der Waals surface area (Å²) in [7, 11) is -0.555. The molecule has 6 heteroatoms. The van der Waals surface area contributed by atoms with Crippen molar-refractivity contribution >= 4 is 19.3 Å². The highest BCUT2D eigenvalue weighted by atomic mass is 16.7. The van der Waals surface area contributed by atoms with Gasteiger partial charge in [-0.25, -0.2) is 4.79 Å². The number of carbonyl (C=O) groups excluding carboxylic acids is 1. The Labute approximate surface area is 185 Å². The smallest absolute Gasteiger partial charge is 0.445 e. The first-order chi connectivity index (χ1) is 14.6. The van der Waals surface area contributed by atoms with Crippen molar-refractivity contribution < 1.29 is 18.8 Å². The Kier molecular flexibility index (Phi) is 6.92. The van der Waals surface area contributed by atoms with Gasteiger partial charge in [-0.2, -0.15) is 0 Å². The fourth-order valence-corrected chi connectivity index (χ4v) is 3.45. The second kappa shape index (κ2) is 9.29. The van der Waals surface area contributed by atoms with Gasteiger partial charge in [0.25, 0.3) is 0 Å². The number of rotatable bonds is 6. The van der Waals surface area contributed by atoms with Crippen molar-refractivity contribution in [3.63, 3.8) is 0 Å². The van der Waals surface area contributed by atoms with Crippen LogP contribution in [0.4, 0.5) is 4.79 Å². The lowest BCUT2D eigenvalue weighted by molar-refractivity contribution is 0.00578. The van der Waals surface area contributed by atoms with Gasteiger partial charge in [-0.3, -0.25) is 0 Å². The van der Waals surface area contributed by atoms with E-state index in [1.54, 1.807) is 0 Å². The van der Waals surface area contributed by atoms with Gasteiger partial charge in [0.1, 0.15) is 6.61 Å².